The Morgan fingerprint density at radius 1 is 1.62 bits per heavy atom. The minimum atomic E-state index is 0.732. The van der Waals surface area contributed by atoms with Gasteiger partial charge in [0.1, 0.15) is 0 Å². The third-order valence-electron chi connectivity index (χ3n) is 2.47. The van der Waals surface area contributed by atoms with Gasteiger partial charge in [-0.3, -0.25) is 4.68 Å². The smallest absolute Gasteiger partial charge is 0.0620 e. The van der Waals surface area contributed by atoms with Crippen molar-refractivity contribution in [2.45, 2.75) is 26.4 Å². The normalized spacial score (nSPS) is 10.6. The Morgan fingerprint density at radius 3 is 3.12 bits per heavy atom. The van der Waals surface area contributed by atoms with Gasteiger partial charge < -0.3 is 10.1 Å². The first-order valence-corrected chi connectivity index (χ1v) is 5.65. The molecule has 1 N–H and O–H groups in total. The molecule has 0 atom stereocenters. The van der Waals surface area contributed by atoms with E-state index in [9.17, 15) is 0 Å². The van der Waals surface area contributed by atoms with Crippen LogP contribution in [0.15, 0.2) is 24.4 Å². The second-order valence-electron chi connectivity index (χ2n) is 3.75. The van der Waals surface area contributed by atoms with Gasteiger partial charge in [-0.1, -0.05) is 19.1 Å². The molecule has 0 amide bonds. The quantitative estimate of drug-likeness (QED) is 0.537. The minimum Gasteiger partial charge on any atom is -0.383 e. The van der Waals surface area contributed by atoms with E-state index in [-0.39, 0.29) is 0 Å². The molecule has 0 unspecified atom stereocenters. The zero-order valence-electron chi connectivity index (χ0n) is 10.2. The summed E-state index contributed by atoms with van der Waals surface area (Å²) in [6.07, 6.45) is 2.83. The first-order valence-electron chi connectivity index (χ1n) is 5.65. The maximum absolute atomic E-state index is 4.97. The van der Waals surface area contributed by atoms with Crippen LogP contribution in [0.1, 0.15) is 19.0 Å². The van der Waals surface area contributed by atoms with Crippen LogP contribution >= 0.6 is 0 Å². The van der Waals surface area contributed by atoms with Gasteiger partial charge in [0.05, 0.1) is 18.8 Å². The zero-order chi connectivity index (χ0) is 11.8. The molecule has 0 aliphatic carbocycles. The van der Waals surface area contributed by atoms with Crippen molar-refractivity contribution in [2.75, 3.05) is 20.3 Å². The Balaban J connectivity index is 2.41. The molecule has 4 heteroatoms. The molecule has 1 rings (SSSR count). The summed E-state index contributed by atoms with van der Waals surface area (Å²) in [5, 5.41) is 7.59. The molecule has 16 heavy (non-hydrogen) atoms. The average Bonchev–Trinajstić information content (AvgIpc) is 2.72. The van der Waals surface area contributed by atoms with Gasteiger partial charge in [0, 0.05) is 26.4 Å². The van der Waals surface area contributed by atoms with Gasteiger partial charge in [0.15, 0.2) is 0 Å². The molecular weight excluding hydrogens is 202 g/mol. The number of nitrogens with one attached hydrogen (secondary N) is 1. The molecule has 90 valence electrons. The van der Waals surface area contributed by atoms with Crippen LogP contribution in [0, 0.1) is 0 Å². The highest BCUT2D eigenvalue weighted by atomic mass is 16.5. The van der Waals surface area contributed by atoms with Crippen LogP contribution in [-0.4, -0.2) is 30.0 Å². The van der Waals surface area contributed by atoms with E-state index >= 15 is 0 Å². The van der Waals surface area contributed by atoms with E-state index in [0.717, 1.165) is 32.7 Å². The van der Waals surface area contributed by atoms with Gasteiger partial charge in [-0.15, -0.1) is 0 Å². The molecule has 0 saturated carbocycles. The SMILES string of the molecule is C=C(CC)Cn1nccc1CNCCOC. The van der Waals surface area contributed by atoms with Crippen LogP contribution in [0.25, 0.3) is 0 Å². The van der Waals surface area contributed by atoms with E-state index in [0.29, 0.717) is 0 Å². The fraction of sp³-hybridized carbons (Fsp3) is 0.583. The third kappa shape index (κ3) is 4.16. The highest BCUT2D eigenvalue weighted by molar-refractivity contribution is 5.03. The van der Waals surface area contributed by atoms with Crippen LogP contribution in [0.3, 0.4) is 0 Å². The largest absolute Gasteiger partial charge is 0.383 e. The van der Waals surface area contributed by atoms with Gasteiger partial charge in [-0.05, 0) is 12.5 Å². The Bertz CT molecular complexity index is 320. The topological polar surface area (TPSA) is 39.1 Å². The summed E-state index contributed by atoms with van der Waals surface area (Å²) in [5.74, 6) is 0. The van der Waals surface area contributed by atoms with Crippen LogP contribution in [0.5, 0.6) is 0 Å². The zero-order valence-corrected chi connectivity index (χ0v) is 10.2. The molecule has 1 aromatic heterocycles. The number of allylic oxidation sites excluding steroid dienone is 1. The van der Waals surface area contributed by atoms with E-state index in [2.05, 4.69) is 23.9 Å². The van der Waals surface area contributed by atoms with Crippen molar-refractivity contribution in [3.63, 3.8) is 0 Å². The van der Waals surface area contributed by atoms with Gasteiger partial charge in [0.25, 0.3) is 0 Å². The molecule has 0 aromatic carbocycles. The van der Waals surface area contributed by atoms with Crippen molar-refractivity contribution in [2.24, 2.45) is 0 Å². The van der Waals surface area contributed by atoms with Crippen molar-refractivity contribution in [1.29, 1.82) is 0 Å². The number of hydrogen-bond acceptors (Lipinski definition) is 3. The summed E-state index contributed by atoms with van der Waals surface area (Å²) in [7, 11) is 1.71. The predicted octanol–water partition coefficient (Wildman–Crippen LogP) is 1.59. The van der Waals surface area contributed by atoms with E-state index in [4.69, 9.17) is 4.74 Å². The number of methoxy groups -OCH3 is 1. The second kappa shape index (κ2) is 7.19. The molecule has 1 heterocycles. The van der Waals surface area contributed by atoms with Crippen molar-refractivity contribution in [3.05, 3.63) is 30.1 Å². The molecule has 0 spiro atoms. The van der Waals surface area contributed by atoms with Crippen LogP contribution < -0.4 is 5.32 Å². The maximum Gasteiger partial charge on any atom is 0.0620 e. The number of aromatic nitrogens is 2. The Hall–Kier alpha value is -1.13. The summed E-state index contributed by atoms with van der Waals surface area (Å²) in [6, 6.07) is 2.03. The van der Waals surface area contributed by atoms with E-state index in [1.807, 2.05) is 16.9 Å². The minimum absolute atomic E-state index is 0.732. The second-order valence-corrected chi connectivity index (χ2v) is 3.75. The molecular formula is C12H21N3O. The fourth-order valence-electron chi connectivity index (χ4n) is 1.37. The first-order chi connectivity index (χ1) is 7.77. The third-order valence-corrected chi connectivity index (χ3v) is 2.47. The lowest BCUT2D eigenvalue weighted by molar-refractivity contribution is 0.199. The number of hydrogen-bond donors (Lipinski definition) is 1. The number of ether oxygens (including phenoxy) is 1. The summed E-state index contributed by atoms with van der Waals surface area (Å²) in [4.78, 5) is 0. The monoisotopic (exact) mass is 223 g/mol. The van der Waals surface area contributed by atoms with Crippen molar-refractivity contribution >= 4 is 0 Å². The summed E-state index contributed by atoms with van der Waals surface area (Å²) >= 11 is 0. The highest BCUT2D eigenvalue weighted by Gasteiger charge is 2.02. The lowest BCUT2D eigenvalue weighted by atomic mass is 10.2. The van der Waals surface area contributed by atoms with Gasteiger partial charge in [0.2, 0.25) is 0 Å². The molecule has 0 fully saturated rings. The van der Waals surface area contributed by atoms with Gasteiger partial charge in [-0.2, -0.15) is 5.10 Å². The summed E-state index contributed by atoms with van der Waals surface area (Å²) < 4.78 is 6.97. The molecule has 0 saturated heterocycles. The lowest BCUT2D eigenvalue weighted by Crippen LogP contribution is -2.21. The van der Waals surface area contributed by atoms with Crippen molar-refractivity contribution in [3.8, 4) is 0 Å². The first kappa shape index (κ1) is 12.9. The van der Waals surface area contributed by atoms with E-state index in [1.165, 1.54) is 11.3 Å². The van der Waals surface area contributed by atoms with Crippen LogP contribution in [0.2, 0.25) is 0 Å². The van der Waals surface area contributed by atoms with E-state index in [1.54, 1.807) is 7.11 Å². The Kier molecular flexibility index (Phi) is 5.82. The number of rotatable bonds is 8. The standard InChI is InChI=1S/C12H21N3O/c1-4-11(2)10-15-12(5-6-14-15)9-13-7-8-16-3/h5-6,13H,2,4,7-10H2,1,3H3. The fourth-order valence-corrected chi connectivity index (χ4v) is 1.37. The summed E-state index contributed by atoms with van der Waals surface area (Å²) in [6.45, 7) is 9.33. The van der Waals surface area contributed by atoms with Gasteiger partial charge >= 0.3 is 0 Å². The highest BCUT2D eigenvalue weighted by Crippen LogP contribution is 2.05. The Morgan fingerprint density at radius 2 is 2.44 bits per heavy atom. The molecule has 0 bridgehead atoms. The molecule has 0 aliphatic rings. The Labute approximate surface area is 97.3 Å². The van der Waals surface area contributed by atoms with E-state index < -0.39 is 0 Å². The van der Waals surface area contributed by atoms with Crippen molar-refractivity contribution in [1.82, 2.24) is 15.1 Å². The maximum atomic E-state index is 4.97. The predicted molar refractivity (Wildman–Crippen MR) is 65.2 cm³/mol. The molecule has 0 aliphatic heterocycles. The number of nitrogens with zero attached hydrogens (tertiary/aromatic N) is 2. The van der Waals surface area contributed by atoms with Crippen molar-refractivity contribution < 1.29 is 4.74 Å². The molecule has 1 aromatic rings. The van der Waals surface area contributed by atoms with Gasteiger partial charge in [-0.25, -0.2) is 0 Å². The van der Waals surface area contributed by atoms with Crippen LogP contribution in [-0.2, 0) is 17.8 Å². The molecule has 4 nitrogen and oxygen atoms in total. The average molecular weight is 223 g/mol. The lowest BCUT2D eigenvalue weighted by Gasteiger charge is -2.09. The molecule has 0 radical (unpaired) electrons. The van der Waals surface area contributed by atoms with Crippen LogP contribution in [0.4, 0.5) is 0 Å². The summed E-state index contributed by atoms with van der Waals surface area (Å²) in [5.41, 5.74) is 2.38.